The van der Waals surface area contributed by atoms with E-state index in [0.29, 0.717) is 29.8 Å². The first-order chi connectivity index (χ1) is 14.1. The van der Waals surface area contributed by atoms with Crippen LogP contribution in [0.5, 0.6) is 5.75 Å². The SMILES string of the molecule is COc1ccc(-n2ncc(C(=O)C3CCCN3C(=O)c3ccncc3)c2N)cc1. The van der Waals surface area contributed by atoms with Gasteiger partial charge in [0.15, 0.2) is 5.78 Å². The second-order valence-electron chi connectivity index (χ2n) is 6.81. The number of aromatic nitrogens is 3. The molecule has 1 amide bonds. The number of pyridine rings is 1. The number of amides is 1. The minimum atomic E-state index is -0.550. The van der Waals surface area contributed by atoms with Crippen molar-refractivity contribution in [1.29, 1.82) is 0 Å². The Morgan fingerprint density at radius 2 is 1.86 bits per heavy atom. The molecule has 4 rings (SSSR count). The lowest BCUT2D eigenvalue weighted by Crippen LogP contribution is -2.40. The summed E-state index contributed by atoms with van der Waals surface area (Å²) in [4.78, 5) is 31.6. The van der Waals surface area contributed by atoms with Crippen molar-refractivity contribution in [2.75, 3.05) is 19.4 Å². The predicted octanol–water partition coefficient (Wildman–Crippen LogP) is 2.35. The van der Waals surface area contributed by atoms with E-state index in [9.17, 15) is 9.59 Å². The Kier molecular flexibility index (Phi) is 4.99. The third kappa shape index (κ3) is 3.44. The van der Waals surface area contributed by atoms with E-state index in [2.05, 4.69) is 10.1 Å². The van der Waals surface area contributed by atoms with Crippen molar-refractivity contribution in [2.24, 2.45) is 0 Å². The fraction of sp³-hybridized carbons (Fsp3) is 0.238. The highest BCUT2D eigenvalue weighted by Crippen LogP contribution is 2.27. The van der Waals surface area contributed by atoms with E-state index in [1.54, 1.807) is 48.7 Å². The number of rotatable bonds is 5. The molecule has 1 aromatic carbocycles. The molecule has 148 valence electrons. The van der Waals surface area contributed by atoms with Crippen LogP contribution in [0.15, 0.2) is 55.0 Å². The zero-order valence-electron chi connectivity index (χ0n) is 16.0. The molecule has 0 aliphatic carbocycles. The van der Waals surface area contributed by atoms with Crippen LogP contribution in [0.2, 0.25) is 0 Å². The fourth-order valence-corrected chi connectivity index (χ4v) is 3.60. The zero-order chi connectivity index (χ0) is 20.4. The molecule has 1 aliphatic heterocycles. The number of nitrogens with zero attached hydrogens (tertiary/aromatic N) is 4. The highest BCUT2D eigenvalue weighted by molar-refractivity contribution is 6.07. The number of anilines is 1. The monoisotopic (exact) mass is 391 g/mol. The highest BCUT2D eigenvalue weighted by Gasteiger charge is 2.36. The molecule has 2 aromatic heterocycles. The van der Waals surface area contributed by atoms with Gasteiger partial charge in [0, 0.05) is 24.5 Å². The van der Waals surface area contributed by atoms with Crippen molar-refractivity contribution in [2.45, 2.75) is 18.9 Å². The molecule has 0 saturated carbocycles. The molecular weight excluding hydrogens is 370 g/mol. The first-order valence-electron chi connectivity index (χ1n) is 9.33. The molecule has 0 radical (unpaired) electrons. The van der Waals surface area contributed by atoms with Gasteiger partial charge in [0.1, 0.15) is 11.6 Å². The first-order valence-corrected chi connectivity index (χ1v) is 9.33. The summed E-state index contributed by atoms with van der Waals surface area (Å²) < 4.78 is 6.67. The lowest BCUT2D eigenvalue weighted by atomic mass is 10.0. The van der Waals surface area contributed by atoms with Crippen molar-refractivity contribution in [1.82, 2.24) is 19.7 Å². The Morgan fingerprint density at radius 1 is 1.14 bits per heavy atom. The molecule has 1 fully saturated rings. The molecule has 1 aliphatic rings. The molecule has 0 spiro atoms. The largest absolute Gasteiger partial charge is 0.497 e. The lowest BCUT2D eigenvalue weighted by molar-refractivity contribution is 0.0671. The summed E-state index contributed by atoms with van der Waals surface area (Å²) >= 11 is 0. The Morgan fingerprint density at radius 3 is 2.55 bits per heavy atom. The van der Waals surface area contributed by atoms with Gasteiger partial charge in [0.05, 0.1) is 30.6 Å². The van der Waals surface area contributed by atoms with E-state index in [0.717, 1.165) is 12.1 Å². The minimum absolute atomic E-state index is 0.177. The van der Waals surface area contributed by atoms with E-state index < -0.39 is 6.04 Å². The maximum atomic E-state index is 13.2. The van der Waals surface area contributed by atoms with Gasteiger partial charge in [0.2, 0.25) is 0 Å². The molecule has 29 heavy (non-hydrogen) atoms. The molecule has 8 nitrogen and oxygen atoms in total. The maximum Gasteiger partial charge on any atom is 0.254 e. The topological polar surface area (TPSA) is 103 Å². The van der Waals surface area contributed by atoms with Gasteiger partial charge >= 0.3 is 0 Å². The molecule has 2 N–H and O–H groups in total. The molecule has 3 heterocycles. The molecule has 0 bridgehead atoms. The summed E-state index contributed by atoms with van der Waals surface area (Å²) in [6.45, 7) is 0.532. The number of likely N-dealkylation sites (tertiary alicyclic amines) is 1. The van der Waals surface area contributed by atoms with Crippen LogP contribution in [0, 0.1) is 0 Å². The van der Waals surface area contributed by atoms with Crippen molar-refractivity contribution < 1.29 is 14.3 Å². The number of nitrogen functional groups attached to an aromatic ring is 1. The number of methoxy groups -OCH3 is 1. The third-order valence-corrected chi connectivity index (χ3v) is 5.13. The maximum absolute atomic E-state index is 13.2. The van der Waals surface area contributed by atoms with Crippen molar-refractivity contribution >= 4 is 17.5 Å². The number of hydrogen-bond acceptors (Lipinski definition) is 6. The van der Waals surface area contributed by atoms with Gasteiger partial charge in [-0.05, 0) is 49.2 Å². The fourth-order valence-electron chi connectivity index (χ4n) is 3.60. The van der Waals surface area contributed by atoms with Crippen LogP contribution in [0.1, 0.15) is 33.6 Å². The van der Waals surface area contributed by atoms with Gasteiger partial charge in [-0.2, -0.15) is 5.10 Å². The van der Waals surface area contributed by atoms with Crippen LogP contribution in [-0.2, 0) is 0 Å². The molecule has 8 heteroatoms. The molecular formula is C21H21N5O3. The number of carbonyl (C=O) groups is 2. The van der Waals surface area contributed by atoms with Gasteiger partial charge in [-0.25, -0.2) is 4.68 Å². The normalized spacial score (nSPS) is 16.0. The van der Waals surface area contributed by atoms with Crippen LogP contribution in [0.3, 0.4) is 0 Å². The second-order valence-corrected chi connectivity index (χ2v) is 6.81. The summed E-state index contributed by atoms with van der Waals surface area (Å²) in [5.41, 5.74) is 7.80. The van der Waals surface area contributed by atoms with Gasteiger partial charge in [-0.1, -0.05) is 0 Å². The number of nitrogens with two attached hydrogens (primary N) is 1. The van der Waals surface area contributed by atoms with Crippen molar-refractivity contribution in [3.05, 3.63) is 66.1 Å². The molecule has 3 aromatic rings. The number of hydrogen-bond donors (Lipinski definition) is 1. The number of carbonyl (C=O) groups excluding carboxylic acids is 2. The van der Waals surface area contributed by atoms with Crippen LogP contribution in [0.25, 0.3) is 5.69 Å². The van der Waals surface area contributed by atoms with E-state index in [1.165, 1.54) is 10.9 Å². The Hall–Kier alpha value is -3.68. The number of Topliss-reactive ketones (excluding diaryl/α,β-unsaturated/α-hetero) is 1. The highest BCUT2D eigenvalue weighted by atomic mass is 16.5. The Bertz CT molecular complexity index is 1030. The molecule has 1 saturated heterocycles. The summed E-state index contributed by atoms with van der Waals surface area (Å²) in [6.07, 6.45) is 5.96. The van der Waals surface area contributed by atoms with E-state index in [-0.39, 0.29) is 17.5 Å². The predicted molar refractivity (Wildman–Crippen MR) is 107 cm³/mol. The van der Waals surface area contributed by atoms with Crippen molar-refractivity contribution in [3.63, 3.8) is 0 Å². The number of ether oxygens (including phenoxy) is 1. The second kappa shape index (κ2) is 7.75. The van der Waals surface area contributed by atoms with Crippen LogP contribution < -0.4 is 10.5 Å². The first kappa shape index (κ1) is 18.7. The number of ketones is 1. The summed E-state index contributed by atoms with van der Waals surface area (Å²) in [7, 11) is 1.59. The zero-order valence-corrected chi connectivity index (χ0v) is 16.0. The summed E-state index contributed by atoms with van der Waals surface area (Å²) in [5, 5.41) is 4.28. The van der Waals surface area contributed by atoms with Gasteiger partial charge in [-0.15, -0.1) is 0 Å². The van der Waals surface area contributed by atoms with E-state index in [1.807, 2.05) is 12.1 Å². The smallest absolute Gasteiger partial charge is 0.254 e. The molecule has 1 unspecified atom stereocenters. The Balaban J connectivity index is 1.59. The summed E-state index contributed by atoms with van der Waals surface area (Å²) in [6, 6.07) is 9.97. The third-order valence-electron chi connectivity index (χ3n) is 5.13. The van der Waals surface area contributed by atoms with Gasteiger partial charge in [-0.3, -0.25) is 14.6 Å². The van der Waals surface area contributed by atoms with Crippen LogP contribution in [-0.4, -0.2) is 51.1 Å². The Labute approximate surface area is 167 Å². The van der Waals surface area contributed by atoms with E-state index >= 15 is 0 Å². The van der Waals surface area contributed by atoms with Crippen LogP contribution >= 0.6 is 0 Å². The number of benzene rings is 1. The standard InChI is InChI=1S/C21H21N5O3/c1-29-16-6-4-15(5-7-16)26-20(22)17(13-24-26)19(27)18-3-2-12-25(18)21(28)14-8-10-23-11-9-14/h4-11,13,18H,2-3,12,22H2,1H3. The van der Waals surface area contributed by atoms with E-state index in [4.69, 9.17) is 10.5 Å². The average Bonchev–Trinajstić information content (AvgIpc) is 3.40. The lowest BCUT2D eigenvalue weighted by Gasteiger charge is -2.23. The van der Waals surface area contributed by atoms with Gasteiger partial charge in [0.25, 0.3) is 5.91 Å². The molecule has 1 atom stereocenters. The summed E-state index contributed by atoms with van der Waals surface area (Å²) in [5.74, 6) is 0.599. The average molecular weight is 391 g/mol. The van der Waals surface area contributed by atoms with Crippen molar-refractivity contribution in [3.8, 4) is 11.4 Å². The minimum Gasteiger partial charge on any atom is -0.497 e. The van der Waals surface area contributed by atoms with Crippen LogP contribution in [0.4, 0.5) is 5.82 Å². The van der Waals surface area contributed by atoms with Gasteiger partial charge < -0.3 is 15.4 Å². The quantitative estimate of drug-likeness (QED) is 0.670.